The maximum absolute atomic E-state index is 13.1. The van der Waals surface area contributed by atoms with Gasteiger partial charge in [0.05, 0.1) is 25.9 Å². The molecule has 0 aromatic heterocycles. The van der Waals surface area contributed by atoms with Gasteiger partial charge in [-0.25, -0.2) is 4.39 Å². The molecule has 0 radical (unpaired) electrons. The molecule has 5 heteroatoms. The first kappa shape index (κ1) is 13.0. The first-order valence-electron chi connectivity index (χ1n) is 5.59. The molecular weight excluding hydrogens is 289 g/mol. The summed E-state index contributed by atoms with van der Waals surface area (Å²) in [4.78, 5) is 0. The lowest BCUT2D eigenvalue weighted by Crippen LogP contribution is -2.40. The highest BCUT2D eigenvalue weighted by Crippen LogP contribution is 2.15. The Morgan fingerprint density at radius 1 is 1.47 bits per heavy atom. The molecule has 1 unspecified atom stereocenters. The molecule has 0 spiro atoms. The molecule has 1 aliphatic rings. The third-order valence-corrected chi connectivity index (χ3v) is 2.96. The SMILES string of the molecule is Fc1cc(Br)cc(COCC2CNCCO2)c1. The van der Waals surface area contributed by atoms with Gasteiger partial charge in [-0.1, -0.05) is 15.9 Å². The minimum Gasteiger partial charge on any atom is -0.374 e. The minimum atomic E-state index is -0.256. The highest BCUT2D eigenvalue weighted by atomic mass is 79.9. The van der Waals surface area contributed by atoms with Gasteiger partial charge in [0.2, 0.25) is 0 Å². The van der Waals surface area contributed by atoms with Crippen molar-refractivity contribution in [2.24, 2.45) is 0 Å². The molecule has 94 valence electrons. The van der Waals surface area contributed by atoms with Crippen molar-refractivity contribution in [3.05, 3.63) is 34.1 Å². The van der Waals surface area contributed by atoms with Crippen LogP contribution in [0.5, 0.6) is 0 Å². The van der Waals surface area contributed by atoms with Gasteiger partial charge >= 0.3 is 0 Å². The number of hydrogen-bond acceptors (Lipinski definition) is 3. The molecule has 1 aliphatic heterocycles. The van der Waals surface area contributed by atoms with E-state index >= 15 is 0 Å². The van der Waals surface area contributed by atoms with Gasteiger partial charge in [-0.15, -0.1) is 0 Å². The molecule has 1 atom stereocenters. The molecule has 1 N–H and O–H groups in total. The summed E-state index contributed by atoms with van der Waals surface area (Å²) in [6.45, 7) is 3.36. The summed E-state index contributed by atoms with van der Waals surface area (Å²) in [5.74, 6) is -0.256. The minimum absolute atomic E-state index is 0.0979. The normalized spacial score (nSPS) is 20.5. The van der Waals surface area contributed by atoms with Gasteiger partial charge in [-0.05, 0) is 23.8 Å². The van der Waals surface area contributed by atoms with Crippen molar-refractivity contribution >= 4 is 15.9 Å². The van der Waals surface area contributed by atoms with E-state index in [2.05, 4.69) is 21.2 Å². The number of nitrogens with one attached hydrogen (secondary N) is 1. The number of morpholine rings is 1. The van der Waals surface area contributed by atoms with Crippen LogP contribution in [0.2, 0.25) is 0 Å². The first-order chi connectivity index (χ1) is 8.24. The summed E-state index contributed by atoms with van der Waals surface area (Å²) >= 11 is 3.25. The molecule has 1 fully saturated rings. The summed E-state index contributed by atoms with van der Waals surface area (Å²) in [5, 5.41) is 3.23. The Bertz CT molecular complexity index is 349. The van der Waals surface area contributed by atoms with Gasteiger partial charge in [0, 0.05) is 17.6 Å². The van der Waals surface area contributed by atoms with Gasteiger partial charge in [0.1, 0.15) is 5.82 Å². The van der Waals surface area contributed by atoms with E-state index in [0.29, 0.717) is 13.2 Å². The summed E-state index contributed by atoms with van der Waals surface area (Å²) in [6, 6.07) is 4.76. The van der Waals surface area contributed by atoms with E-state index in [1.807, 2.05) is 6.07 Å². The lowest BCUT2D eigenvalue weighted by molar-refractivity contribution is -0.0357. The van der Waals surface area contributed by atoms with Crippen molar-refractivity contribution in [3.63, 3.8) is 0 Å². The summed E-state index contributed by atoms with van der Waals surface area (Å²) in [7, 11) is 0. The van der Waals surface area contributed by atoms with Crippen molar-refractivity contribution in [1.82, 2.24) is 5.32 Å². The average molecular weight is 304 g/mol. The highest BCUT2D eigenvalue weighted by molar-refractivity contribution is 9.10. The van der Waals surface area contributed by atoms with Crippen LogP contribution in [0, 0.1) is 5.82 Å². The molecule has 0 saturated carbocycles. The predicted molar refractivity (Wildman–Crippen MR) is 66.4 cm³/mol. The number of ether oxygens (including phenoxy) is 2. The van der Waals surface area contributed by atoms with Crippen LogP contribution in [0.15, 0.2) is 22.7 Å². The molecule has 3 nitrogen and oxygen atoms in total. The Hall–Kier alpha value is -0.490. The Kier molecular flexibility index (Phi) is 4.91. The second-order valence-corrected chi connectivity index (χ2v) is 4.91. The molecule has 0 aliphatic carbocycles. The van der Waals surface area contributed by atoms with Crippen LogP contribution in [0.25, 0.3) is 0 Å². The fourth-order valence-electron chi connectivity index (χ4n) is 1.73. The number of hydrogen-bond donors (Lipinski definition) is 1. The van der Waals surface area contributed by atoms with Gasteiger partial charge < -0.3 is 14.8 Å². The maximum Gasteiger partial charge on any atom is 0.124 e. The molecule has 17 heavy (non-hydrogen) atoms. The van der Waals surface area contributed by atoms with E-state index in [-0.39, 0.29) is 11.9 Å². The second-order valence-electron chi connectivity index (χ2n) is 3.99. The van der Waals surface area contributed by atoms with E-state index in [4.69, 9.17) is 9.47 Å². The number of rotatable bonds is 4. The van der Waals surface area contributed by atoms with Crippen LogP contribution >= 0.6 is 15.9 Å². The molecule has 2 rings (SSSR count). The highest BCUT2D eigenvalue weighted by Gasteiger charge is 2.13. The van der Waals surface area contributed by atoms with Crippen LogP contribution in [0.4, 0.5) is 4.39 Å². The van der Waals surface area contributed by atoms with E-state index in [1.165, 1.54) is 12.1 Å². The van der Waals surface area contributed by atoms with Gasteiger partial charge in [0.25, 0.3) is 0 Å². The zero-order valence-corrected chi connectivity index (χ0v) is 11.0. The van der Waals surface area contributed by atoms with E-state index < -0.39 is 0 Å². The third-order valence-electron chi connectivity index (χ3n) is 2.50. The smallest absolute Gasteiger partial charge is 0.124 e. The maximum atomic E-state index is 13.1. The van der Waals surface area contributed by atoms with Gasteiger partial charge in [-0.2, -0.15) is 0 Å². The molecule has 1 saturated heterocycles. The standard InChI is InChI=1S/C12H15BrFNO2/c13-10-3-9(4-11(14)5-10)7-16-8-12-6-15-1-2-17-12/h3-5,12,15H,1-2,6-8H2. The van der Waals surface area contributed by atoms with E-state index in [9.17, 15) is 4.39 Å². The van der Waals surface area contributed by atoms with Gasteiger partial charge in [0.15, 0.2) is 0 Å². The Labute approximate surface area is 108 Å². The third kappa shape index (κ3) is 4.35. The molecule has 1 heterocycles. The average Bonchev–Trinajstić information content (AvgIpc) is 2.29. The summed E-state index contributed by atoms with van der Waals surface area (Å²) in [6.07, 6.45) is 0.0979. The van der Waals surface area contributed by atoms with E-state index in [1.54, 1.807) is 0 Å². The molecule has 1 aromatic carbocycles. The molecule has 1 aromatic rings. The van der Waals surface area contributed by atoms with Crippen molar-refractivity contribution in [3.8, 4) is 0 Å². The summed E-state index contributed by atoms with van der Waals surface area (Å²) < 4.78 is 24.8. The quantitative estimate of drug-likeness (QED) is 0.924. The number of halogens is 2. The molecule has 0 bridgehead atoms. The molecule has 0 amide bonds. The first-order valence-corrected chi connectivity index (χ1v) is 6.38. The predicted octanol–water partition coefficient (Wildman–Crippen LogP) is 2.09. The zero-order chi connectivity index (χ0) is 12.1. The van der Waals surface area contributed by atoms with Crippen molar-refractivity contribution in [2.75, 3.05) is 26.3 Å². The van der Waals surface area contributed by atoms with Crippen molar-refractivity contribution in [2.45, 2.75) is 12.7 Å². The summed E-state index contributed by atoms with van der Waals surface area (Å²) in [5.41, 5.74) is 0.820. The Morgan fingerprint density at radius 2 is 2.35 bits per heavy atom. The Balaban J connectivity index is 1.77. The number of benzene rings is 1. The largest absolute Gasteiger partial charge is 0.374 e. The monoisotopic (exact) mass is 303 g/mol. The van der Waals surface area contributed by atoms with Crippen LogP contribution in [-0.4, -0.2) is 32.4 Å². The lowest BCUT2D eigenvalue weighted by atomic mass is 10.2. The van der Waals surface area contributed by atoms with Crippen LogP contribution < -0.4 is 5.32 Å². The lowest BCUT2D eigenvalue weighted by Gasteiger charge is -2.23. The van der Waals surface area contributed by atoms with E-state index in [0.717, 1.165) is 29.7 Å². The topological polar surface area (TPSA) is 30.5 Å². The Morgan fingerprint density at radius 3 is 3.06 bits per heavy atom. The molecular formula is C12H15BrFNO2. The zero-order valence-electron chi connectivity index (χ0n) is 9.42. The van der Waals surface area contributed by atoms with Crippen molar-refractivity contribution < 1.29 is 13.9 Å². The van der Waals surface area contributed by atoms with Crippen LogP contribution in [0.1, 0.15) is 5.56 Å². The van der Waals surface area contributed by atoms with Crippen molar-refractivity contribution in [1.29, 1.82) is 0 Å². The fraction of sp³-hybridized carbons (Fsp3) is 0.500. The van der Waals surface area contributed by atoms with Gasteiger partial charge in [-0.3, -0.25) is 0 Å². The van der Waals surface area contributed by atoms with Crippen LogP contribution in [-0.2, 0) is 16.1 Å². The fourth-order valence-corrected chi connectivity index (χ4v) is 2.24. The second kappa shape index (κ2) is 6.44. The van der Waals surface area contributed by atoms with Crippen LogP contribution in [0.3, 0.4) is 0 Å².